The summed E-state index contributed by atoms with van der Waals surface area (Å²) in [5, 5.41) is 2.25. The van der Waals surface area contributed by atoms with E-state index in [1.807, 2.05) is 24.3 Å². The Bertz CT molecular complexity index is 524. The largest absolute Gasteiger partial charge is 0.298 e. The van der Waals surface area contributed by atoms with Crippen LogP contribution in [0.3, 0.4) is 0 Å². The highest BCUT2D eigenvalue weighted by molar-refractivity contribution is 5.98. The highest BCUT2D eigenvalue weighted by Crippen LogP contribution is 2.41. The van der Waals surface area contributed by atoms with E-state index in [9.17, 15) is 4.79 Å². The Morgan fingerprint density at radius 3 is 2.67 bits per heavy atom. The van der Waals surface area contributed by atoms with Gasteiger partial charge in [0.1, 0.15) is 0 Å². The number of hydrogen-bond donors (Lipinski definition) is 0. The summed E-state index contributed by atoms with van der Waals surface area (Å²) in [5.41, 5.74) is 2.16. The Hall–Kier alpha value is -1.63. The van der Waals surface area contributed by atoms with Crippen molar-refractivity contribution in [1.82, 2.24) is 0 Å². The maximum atomic E-state index is 11.0. The number of fused-ring (bicyclic) bond motifs is 1. The minimum absolute atomic E-state index is 0.702. The molecule has 1 aliphatic rings. The highest BCUT2D eigenvalue weighted by atomic mass is 16.1. The minimum Gasteiger partial charge on any atom is -0.298 e. The Kier molecular flexibility index (Phi) is 1.84. The summed E-state index contributed by atoms with van der Waals surface area (Å²) >= 11 is 0. The number of hydrogen-bond acceptors (Lipinski definition) is 1. The van der Waals surface area contributed by atoms with E-state index in [1.54, 1.807) is 0 Å². The number of carbonyl (C=O) groups is 1. The number of aldehydes is 1. The molecule has 0 bridgehead atoms. The van der Waals surface area contributed by atoms with Crippen molar-refractivity contribution in [3.8, 4) is 0 Å². The fraction of sp³-hybridized carbons (Fsp3) is 0.214. The molecule has 0 unspecified atom stereocenters. The smallest absolute Gasteiger partial charge is 0.150 e. The molecule has 1 heteroatoms. The van der Waals surface area contributed by atoms with Crippen molar-refractivity contribution in [3.63, 3.8) is 0 Å². The van der Waals surface area contributed by atoms with E-state index in [1.165, 1.54) is 23.8 Å². The molecule has 1 fully saturated rings. The molecular weight excluding hydrogens is 184 g/mol. The number of carbonyl (C=O) groups excluding carboxylic acids is 1. The lowest BCUT2D eigenvalue weighted by molar-refractivity contribution is 0.112. The average Bonchev–Trinajstić information content (AvgIpc) is 3.11. The zero-order valence-electron chi connectivity index (χ0n) is 8.44. The standard InChI is InChI=1S/C14H12O/c15-9-13-8-12(10-5-6-10)7-11-3-1-2-4-14(11)13/h1-4,7-10H,5-6H2. The van der Waals surface area contributed by atoms with E-state index in [0.29, 0.717) is 5.92 Å². The van der Waals surface area contributed by atoms with Crippen LogP contribution in [0.15, 0.2) is 36.4 Å². The SMILES string of the molecule is O=Cc1cc(C2CC2)cc2ccccc12. The maximum absolute atomic E-state index is 11.0. The Balaban J connectivity index is 2.29. The molecule has 0 aliphatic heterocycles. The first-order valence-electron chi connectivity index (χ1n) is 5.36. The lowest BCUT2D eigenvalue weighted by atomic mass is 9.99. The molecule has 3 rings (SSSR count). The molecule has 15 heavy (non-hydrogen) atoms. The van der Waals surface area contributed by atoms with Crippen molar-refractivity contribution in [1.29, 1.82) is 0 Å². The van der Waals surface area contributed by atoms with Gasteiger partial charge < -0.3 is 0 Å². The zero-order chi connectivity index (χ0) is 10.3. The monoisotopic (exact) mass is 196 g/mol. The molecule has 0 amide bonds. The molecule has 0 atom stereocenters. The molecule has 0 aromatic heterocycles. The third-order valence-corrected chi connectivity index (χ3v) is 3.09. The first kappa shape index (κ1) is 8.66. The van der Waals surface area contributed by atoms with E-state index in [4.69, 9.17) is 0 Å². The molecule has 1 saturated carbocycles. The molecule has 1 aliphatic carbocycles. The molecular formula is C14H12O. The third kappa shape index (κ3) is 1.44. The Morgan fingerprint density at radius 1 is 1.13 bits per heavy atom. The van der Waals surface area contributed by atoms with Crippen LogP contribution in [-0.4, -0.2) is 6.29 Å². The number of benzene rings is 2. The van der Waals surface area contributed by atoms with Crippen LogP contribution >= 0.6 is 0 Å². The Morgan fingerprint density at radius 2 is 1.93 bits per heavy atom. The first-order valence-corrected chi connectivity index (χ1v) is 5.36. The van der Waals surface area contributed by atoms with Gasteiger partial charge in [-0.05, 0) is 41.2 Å². The Labute approximate surface area is 88.7 Å². The van der Waals surface area contributed by atoms with E-state index in [0.717, 1.165) is 17.2 Å². The molecule has 1 nitrogen and oxygen atoms in total. The summed E-state index contributed by atoms with van der Waals surface area (Å²) in [6.45, 7) is 0. The van der Waals surface area contributed by atoms with Crippen molar-refractivity contribution in [2.75, 3.05) is 0 Å². The van der Waals surface area contributed by atoms with Crippen LogP contribution in [0, 0.1) is 0 Å². The lowest BCUT2D eigenvalue weighted by Gasteiger charge is -2.05. The summed E-state index contributed by atoms with van der Waals surface area (Å²) < 4.78 is 0. The summed E-state index contributed by atoms with van der Waals surface area (Å²) in [4.78, 5) is 11.0. The third-order valence-electron chi connectivity index (χ3n) is 3.09. The predicted octanol–water partition coefficient (Wildman–Crippen LogP) is 3.53. The second-order valence-corrected chi connectivity index (χ2v) is 4.22. The molecule has 74 valence electrons. The van der Waals surface area contributed by atoms with Gasteiger partial charge in [-0.3, -0.25) is 4.79 Å². The van der Waals surface area contributed by atoms with Gasteiger partial charge in [-0.2, -0.15) is 0 Å². The topological polar surface area (TPSA) is 17.1 Å². The fourth-order valence-electron chi connectivity index (χ4n) is 2.11. The van der Waals surface area contributed by atoms with Gasteiger partial charge in [-0.25, -0.2) is 0 Å². The van der Waals surface area contributed by atoms with Gasteiger partial charge in [0, 0.05) is 5.56 Å². The zero-order valence-corrected chi connectivity index (χ0v) is 8.44. The van der Waals surface area contributed by atoms with E-state index in [2.05, 4.69) is 12.1 Å². The predicted molar refractivity (Wildman–Crippen MR) is 61.3 cm³/mol. The van der Waals surface area contributed by atoms with Crippen LogP contribution in [0.4, 0.5) is 0 Å². The molecule has 0 radical (unpaired) electrons. The van der Waals surface area contributed by atoms with Crippen LogP contribution in [0.1, 0.15) is 34.7 Å². The van der Waals surface area contributed by atoms with Crippen LogP contribution in [-0.2, 0) is 0 Å². The van der Waals surface area contributed by atoms with Crippen LogP contribution < -0.4 is 0 Å². The van der Waals surface area contributed by atoms with Crippen molar-refractivity contribution < 1.29 is 4.79 Å². The van der Waals surface area contributed by atoms with Gasteiger partial charge >= 0.3 is 0 Å². The van der Waals surface area contributed by atoms with E-state index >= 15 is 0 Å². The molecule has 0 heterocycles. The minimum atomic E-state index is 0.702. The molecule has 2 aromatic rings. The molecule has 0 saturated heterocycles. The summed E-state index contributed by atoms with van der Waals surface area (Å²) in [6, 6.07) is 12.4. The first-order chi connectivity index (χ1) is 7.38. The normalized spacial score (nSPS) is 15.5. The van der Waals surface area contributed by atoms with Crippen molar-refractivity contribution in [2.45, 2.75) is 18.8 Å². The van der Waals surface area contributed by atoms with Crippen LogP contribution in [0.2, 0.25) is 0 Å². The van der Waals surface area contributed by atoms with Crippen LogP contribution in [0.25, 0.3) is 10.8 Å². The van der Waals surface area contributed by atoms with E-state index < -0.39 is 0 Å². The quantitative estimate of drug-likeness (QED) is 0.671. The van der Waals surface area contributed by atoms with Crippen molar-refractivity contribution >= 4 is 17.1 Å². The maximum Gasteiger partial charge on any atom is 0.150 e. The number of rotatable bonds is 2. The fourth-order valence-corrected chi connectivity index (χ4v) is 2.11. The second-order valence-electron chi connectivity index (χ2n) is 4.22. The average molecular weight is 196 g/mol. The molecule has 2 aromatic carbocycles. The van der Waals surface area contributed by atoms with Gasteiger partial charge in [0.05, 0.1) is 0 Å². The second kappa shape index (κ2) is 3.20. The van der Waals surface area contributed by atoms with Gasteiger partial charge in [-0.15, -0.1) is 0 Å². The summed E-state index contributed by atoms with van der Waals surface area (Å²) in [7, 11) is 0. The van der Waals surface area contributed by atoms with Gasteiger partial charge in [0.25, 0.3) is 0 Å². The highest BCUT2D eigenvalue weighted by Gasteiger charge is 2.24. The van der Waals surface area contributed by atoms with Gasteiger partial charge in [-0.1, -0.05) is 30.3 Å². The molecule has 0 N–H and O–H groups in total. The molecule has 0 spiro atoms. The van der Waals surface area contributed by atoms with Crippen molar-refractivity contribution in [2.24, 2.45) is 0 Å². The van der Waals surface area contributed by atoms with E-state index in [-0.39, 0.29) is 0 Å². The van der Waals surface area contributed by atoms with Gasteiger partial charge in [0.15, 0.2) is 6.29 Å². The van der Waals surface area contributed by atoms with Crippen molar-refractivity contribution in [3.05, 3.63) is 47.5 Å². The summed E-state index contributed by atoms with van der Waals surface area (Å²) in [5.74, 6) is 0.702. The summed E-state index contributed by atoms with van der Waals surface area (Å²) in [6.07, 6.45) is 3.52. The lowest BCUT2D eigenvalue weighted by Crippen LogP contribution is -1.88. The van der Waals surface area contributed by atoms with Crippen LogP contribution in [0.5, 0.6) is 0 Å². The van der Waals surface area contributed by atoms with Gasteiger partial charge in [0.2, 0.25) is 0 Å².